The highest BCUT2D eigenvalue weighted by Gasteiger charge is 2.31. The average molecular weight is 599 g/mol. The van der Waals surface area contributed by atoms with Crippen LogP contribution < -0.4 is 4.90 Å². The number of hydrogen-bond donors (Lipinski definition) is 0. The molecule has 0 bridgehead atoms. The molecule has 0 radical (unpaired) electrons. The second kappa shape index (κ2) is 11.3. The summed E-state index contributed by atoms with van der Waals surface area (Å²) in [5, 5.41) is 2.55. The third-order valence-electron chi connectivity index (χ3n) is 9.18. The van der Waals surface area contributed by atoms with Gasteiger partial charge in [-0.2, -0.15) is 0 Å². The van der Waals surface area contributed by atoms with Crippen LogP contribution in [0.25, 0.3) is 66.7 Å². The van der Waals surface area contributed by atoms with E-state index in [9.17, 15) is 0 Å². The molecule has 2 heteroatoms. The van der Waals surface area contributed by atoms with E-state index >= 15 is 0 Å². The smallest absolute Gasteiger partial charge is 0.0794 e. The molecule has 0 amide bonds. The molecule has 8 aromatic rings. The van der Waals surface area contributed by atoms with E-state index in [0.29, 0.717) is 0 Å². The van der Waals surface area contributed by atoms with Gasteiger partial charge in [0.25, 0.3) is 0 Å². The van der Waals surface area contributed by atoms with E-state index < -0.39 is 0 Å². The number of fused-ring (bicyclic) bond motifs is 3. The van der Waals surface area contributed by atoms with Crippen molar-refractivity contribution in [3.63, 3.8) is 0 Å². The monoisotopic (exact) mass is 598 g/mol. The zero-order valence-corrected chi connectivity index (χ0v) is 25.7. The van der Waals surface area contributed by atoms with Crippen molar-refractivity contribution in [2.24, 2.45) is 0 Å². The molecule has 1 aliphatic carbocycles. The molecule has 220 valence electrons. The van der Waals surface area contributed by atoms with E-state index in [1.165, 1.54) is 38.6 Å². The van der Waals surface area contributed by atoms with Crippen LogP contribution >= 0.6 is 0 Å². The maximum Gasteiger partial charge on any atom is 0.0794 e. The molecule has 2 nitrogen and oxygen atoms in total. The third kappa shape index (κ3) is 4.54. The highest BCUT2D eigenvalue weighted by Crippen LogP contribution is 2.56. The number of aromatic nitrogens is 1. The van der Waals surface area contributed by atoms with Crippen molar-refractivity contribution in [3.8, 4) is 55.9 Å². The number of hydrogen-bond acceptors (Lipinski definition) is 2. The highest BCUT2D eigenvalue weighted by molar-refractivity contribution is 6.21. The lowest BCUT2D eigenvalue weighted by Gasteiger charge is -2.26. The summed E-state index contributed by atoms with van der Waals surface area (Å²) in [6.07, 6.45) is 0. The van der Waals surface area contributed by atoms with Crippen molar-refractivity contribution in [1.82, 2.24) is 4.98 Å². The zero-order valence-electron chi connectivity index (χ0n) is 25.7. The first-order valence-corrected chi connectivity index (χ1v) is 16.1. The number of rotatable bonds is 6. The van der Waals surface area contributed by atoms with Crippen molar-refractivity contribution < 1.29 is 0 Å². The minimum atomic E-state index is 0.983. The summed E-state index contributed by atoms with van der Waals surface area (Å²) >= 11 is 0. The van der Waals surface area contributed by atoms with Gasteiger partial charge in [0.05, 0.1) is 11.4 Å². The van der Waals surface area contributed by atoms with Gasteiger partial charge in [-0.1, -0.05) is 146 Å². The van der Waals surface area contributed by atoms with Crippen LogP contribution in [0.2, 0.25) is 0 Å². The maximum atomic E-state index is 5.61. The fourth-order valence-corrected chi connectivity index (χ4v) is 7.14. The topological polar surface area (TPSA) is 16.1 Å². The standard InChI is InChI=1S/C45H30N2/c1-5-15-32(16-6-1)41-42-38-25-13-19-31-20-14-26-39(40(31)38)43(42)45(33-17-7-2-8-18-33)46-44(41)34-27-29-37(30-28-34)47(35-21-9-3-10-22-35)36-23-11-4-12-24-36/h1-30H. The summed E-state index contributed by atoms with van der Waals surface area (Å²) < 4.78 is 0. The lowest BCUT2D eigenvalue weighted by molar-refractivity contribution is 1.28. The van der Waals surface area contributed by atoms with Crippen LogP contribution in [0.3, 0.4) is 0 Å². The van der Waals surface area contributed by atoms with Crippen molar-refractivity contribution in [3.05, 3.63) is 182 Å². The van der Waals surface area contributed by atoms with Crippen molar-refractivity contribution in [1.29, 1.82) is 0 Å². The van der Waals surface area contributed by atoms with Gasteiger partial charge in [-0.25, -0.2) is 4.98 Å². The van der Waals surface area contributed by atoms with E-state index in [4.69, 9.17) is 4.98 Å². The summed E-state index contributed by atoms with van der Waals surface area (Å²) in [6.45, 7) is 0. The molecular formula is C45H30N2. The third-order valence-corrected chi connectivity index (χ3v) is 9.18. The molecule has 1 aliphatic rings. The largest absolute Gasteiger partial charge is 0.311 e. The Bertz CT molecular complexity index is 2320. The summed E-state index contributed by atoms with van der Waals surface area (Å²) in [4.78, 5) is 7.90. The van der Waals surface area contributed by atoms with Crippen LogP contribution in [0, 0.1) is 0 Å². The fraction of sp³-hybridized carbons (Fsp3) is 0. The first-order valence-electron chi connectivity index (χ1n) is 16.1. The molecule has 0 fully saturated rings. The van der Waals surface area contributed by atoms with Crippen LogP contribution in [0.15, 0.2) is 182 Å². The average Bonchev–Trinajstić information content (AvgIpc) is 3.49. The molecule has 0 unspecified atom stereocenters. The molecule has 47 heavy (non-hydrogen) atoms. The number of pyridine rings is 1. The Hall–Kier alpha value is -6.25. The van der Waals surface area contributed by atoms with Gasteiger partial charge in [0.2, 0.25) is 0 Å². The van der Waals surface area contributed by atoms with Crippen molar-refractivity contribution >= 4 is 27.8 Å². The molecule has 1 aromatic heterocycles. The number of para-hydroxylation sites is 2. The molecule has 0 N–H and O–H groups in total. The van der Waals surface area contributed by atoms with Gasteiger partial charge in [0.15, 0.2) is 0 Å². The van der Waals surface area contributed by atoms with Gasteiger partial charge in [0.1, 0.15) is 0 Å². The summed E-state index contributed by atoms with van der Waals surface area (Å²) in [7, 11) is 0. The van der Waals surface area contributed by atoms with Gasteiger partial charge in [-0.15, -0.1) is 0 Å². The van der Waals surface area contributed by atoms with Crippen LogP contribution in [-0.2, 0) is 0 Å². The second-order valence-corrected chi connectivity index (χ2v) is 11.9. The highest BCUT2D eigenvalue weighted by atomic mass is 15.1. The number of benzene rings is 7. The first-order chi connectivity index (χ1) is 23.3. The van der Waals surface area contributed by atoms with E-state index in [2.05, 4.69) is 187 Å². The Morgan fingerprint density at radius 2 is 0.766 bits per heavy atom. The van der Waals surface area contributed by atoms with E-state index in [1.54, 1.807) is 0 Å². The predicted molar refractivity (Wildman–Crippen MR) is 197 cm³/mol. The van der Waals surface area contributed by atoms with Gasteiger partial charge in [0, 0.05) is 44.9 Å². The zero-order chi connectivity index (χ0) is 31.2. The summed E-state index contributed by atoms with van der Waals surface area (Å²) in [5.41, 5.74) is 14.8. The Morgan fingerprint density at radius 3 is 1.34 bits per heavy atom. The Kier molecular flexibility index (Phi) is 6.50. The van der Waals surface area contributed by atoms with Gasteiger partial charge in [-0.3, -0.25) is 0 Å². The normalized spacial score (nSPS) is 11.4. The quantitative estimate of drug-likeness (QED) is 0.189. The fourth-order valence-electron chi connectivity index (χ4n) is 7.14. The van der Waals surface area contributed by atoms with Crippen LogP contribution in [0.1, 0.15) is 0 Å². The predicted octanol–water partition coefficient (Wildman–Crippen LogP) is 12.4. The van der Waals surface area contributed by atoms with Gasteiger partial charge >= 0.3 is 0 Å². The minimum Gasteiger partial charge on any atom is -0.311 e. The number of anilines is 3. The number of nitrogens with zero attached hydrogens (tertiary/aromatic N) is 2. The molecule has 0 atom stereocenters. The maximum absolute atomic E-state index is 5.61. The van der Waals surface area contributed by atoms with Crippen molar-refractivity contribution in [2.45, 2.75) is 0 Å². The Labute approximate surface area is 274 Å². The van der Waals surface area contributed by atoms with E-state index in [-0.39, 0.29) is 0 Å². The molecule has 0 spiro atoms. The van der Waals surface area contributed by atoms with Crippen LogP contribution in [0.5, 0.6) is 0 Å². The van der Waals surface area contributed by atoms with Crippen molar-refractivity contribution in [2.75, 3.05) is 4.90 Å². The van der Waals surface area contributed by atoms with Crippen LogP contribution in [-0.4, -0.2) is 4.98 Å². The van der Waals surface area contributed by atoms with E-state index in [0.717, 1.165) is 45.1 Å². The van der Waals surface area contributed by atoms with Gasteiger partial charge in [-0.05, 0) is 63.9 Å². The Balaban J connectivity index is 1.31. The second-order valence-electron chi connectivity index (χ2n) is 11.9. The SMILES string of the molecule is c1ccc(-c2nc(-c3ccc(N(c4ccccc4)c4ccccc4)cc3)c(-c3ccccc3)c3c2-c2cccc4cccc-3c24)cc1. The van der Waals surface area contributed by atoms with Gasteiger partial charge < -0.3 is 4.90 Å². The minimum absolute atomic E-state index is 0.983. The molecule has 0 aliphatic heterocycles. The molecule has 9 rings (SSSR count). The molecule has 0 saturated carbocycles. The summed E-state index contributed by atoms with van der Waals surface area (Å²) in [6, 6.07) is 64.7. The molecule has 1 heterocycles. The van der Waals surface area contributed by atoms with Crippen LogP contribution in [0.4, 0.5) is 17.1 Å². The van der Waals surface area contributed by atoms with E-state index in [1.807, 2.05) is 0 Å². The first kappa shape index (κ1) is 27.1. The lowest BCUT2D eigenvalue weighted by Crippen LogP contribution is -2.09. The molecular weight excluding hydrogens is 569 g/mol. The summed E-state index contributed by atoms with van der Waals surface area (Å²) in [5.74, 6) is 0. The molecule has 7 aromatic carbocycles. The lowest BCUT2D eigenvalue weighted by atomic mass is 9.87. The molecule has 0 saturated heterocycles. The Morgan fingerprint density at radius 1 is 0.319 bits per heavy atom.